The molecule has 0 aromatic heterocycles. The Morgan fingerprint density at radius 2 is 1.95 bits per heavy atom. The Hall–Kier alpha value is -1.55. The summed E-state index contributed by atoms with van der Waals surface area (Å²) in [6.07, 6.45) is 4.25. The molecule has 1 aromatic carbocycles. The molecule has 1 saturated heterocycles. The summed E-state index contributed by atoms with van der Waals surface area (Å²) in [4.78, 5) is 12.2. The Morgan fingerprint density at radius 1 is 1.15 bits per heavy atom. The molecule has 3 rings (SSSR count). The van der Waals surface area contributed by atoms with Crippen LogP contribution in [0.15, 0.2) is 24.3 Å². The quantitative estimate of drug-likeness (QED) is 0.889. The van der Waals surface area contributed by atoms with Crippen molar-refractivity contribution in [3.05, 3.63) is 29.8 Å². The molecule has 2 heterocycles. The number of amides is 1. The van der Waals surface area contributed by atoms with Crippen molar-refractivity contribution in [3.63, 3.8) is 0 Å². The van der Waals surface area contributed by atoms with E-state index in [-0.39, 0.29) is 11.9 Å². The van der Waals surface area contributed by atoms with E-state index < -0.39 is 0 Å². The Bertz CT molecular complexity index is 469. The summed E-state index contributed by atoms with van der Waals surface area (Å²) in [6.45, 7) is 2.37. The molecule has 0 radical (unpaired) electrons. The topological polar surface area (TPSA) is 50.4 Å². The largest absolute Gasteiger partial charge is 0.381 e. The molecule has 0 bridgehead atoms. The summed E-state index contributed by atoms with van der Waals surface area (Å²) in [5.74, 6) is 0.824. The number of fused-ring (bicyclic) bond motifs is 1. The number of benzene rings is 1. The number of rotatable bonds is 3. The molecule has 2 aliphatic heterocycles. The van der Waals surface area contributed by atoms with E-state index in [0.717, 1.165) is 50.1 Å². The molecule has 20 heavy (non-hydrogen) atoms. The minimum Gasteiger partial charge on any atom is -0.381 e. The van der Waals surface area contributed by atoms with Crippen LogP contribution in [0.4, 0.5) is 5.69 Å². The number of hydrogen-bond acceptors (Lipinski definition) is 3. The minimum absolute atomic E-state index is 0.110. The summed E-state index contributed by atoms with van der Waals surface area (Å²) < 4.78 is 5.38. The van der Waals surface area contributed by atoms with E-state index in [2.05, 4.69) is 22.8 Å². The lowest BCUT2D eigenvalue weighted by atomic mass is 9.92. The Labute approximate surface area is 119 Å². The van der Waals surface area contributed by atoms with Crippen LogP contribution in [0.3, 0.4) is 0 Å². The van der Waals surface area contributed by atoms with Crippen molar-refractivity contribution in [2.24, 2.45) is 5.92 Å². The van der Waals surface area contributed by atoms with Crippen LogP contribution < -0.4 is 10.6 Å². The number of para-hydroxylation sites is 1. The molecule has 2 aliphatic rings. The Balaban J connectivity index is 1.61. The smallest absolute Gasteiger partial charge is 0.242 e. The zero-order valence-electron chi connectivity index (χ0n) is 11.7. The molecule has 1 amide bonds. The number of anilines is 1. The maximum absolute atomic E-state index is 12.2. The minimum atomic E-state index is -0.110. The summed E-state index contributed by atoms with van der Waals surface area (Å²) in [5.41, 5.74) is 2.25. The van der Waals surface area contributed by atoms with Crippen molar-refractivity contribution < 1.29 is 9.53 Å². The van der Waals surface area contributed by atoms with Crippen LogP contribution >= 0.6 is 0 Å². The Kier molecular flexibility index (Phi) is 4.21. The van der Waals surface area contributed by atoms with Crippen LogP contribution in [0.1, 0.15) is 31.2 Å². The predicted molar refractivity (Wildman–Crippen MR) is 78.5 cm³/mol. The maximum atomic E-state index is 12.2. The molecule has 0 aliphatic carbocycles. The summed E-state index contributed by atoms with van der Waals surface area (Å²) in [7, 11) is 0. The third kappa shape index (κ3) is 3.12. The fourth-order valence-corrected chi connectivity index (χ4v) is 3.01. The van der Waals surface area contributed by atoms with Gasteiger partial charge in [0, 0.05) is 25.4 Å². The van der Waals surface area contributed by atoms with Gasteiger partial charge in [-0.25, -0.2) is 0 Å². The number of nitrogens with one attached hydrogen (secondary N) is 2. The van der Waals surface area contributed by atoms with Crippen LogP contribution in [-0.4, -0.2) is 25.2 Å². The van der Waals surface area contributed by atoms with Gasteiger partial charge in [0.25, 0.3) is 0 Å². The van der Waals surface area contributed by atoms with Crippen molar-refractivity contribution in [1.29, 1.82) is 0 Å². The van der Waals surface area contributed by atoms with Gasteiger partial charge in [0.1, 0.15) is 6.04 Å². The summed E-state index contributed by atoms with van der Waals surface area (Å²) >= 11 is 0. The van der Waals surface area contributed by atoms with E-state index in [1.165, 1.54) is 0 Å². The number of carbonyl (C=O) groups excluding carboxylic acids is 1. The van der Waals surface area contributed by atoms with Gasteiger partial charge in [-0.15, -0.1) is 0 Å². The number of hydrogen-bond donors (Lipinski definition) is 2. The van der Waals surface area contributed by atoms with Crippen molar-refractivity contribution >= 4 is 11.6 Å². The second-order valence-electron chi connectivity index (χ2n) is 5.70. The molecular weight excluding hydrogens is 252 g/mol. The lowest BCUT2D eigenvalue weighted by Gasteiger charge is -2.24. The van der Waals surface area contributed by atoms with Crippen molar-refractivity contribution in [2.75, 3.05) is 18.5 Å². The zero-order chi connectivity index (χ0) is 13.8. The van der Waals surface area contributed by atoms with Crippen LogP contribution in [0.25, 0.3) is 0 Å². The third-order valence-corrected chi connectivity index (χ3v) is 4.32. The van der Waals surface area contributed by atoms with Crippen LogP contribution in [0.5, 0.6) is 0 Å². The van der Waals surface area contributed by atoms with E-state index in [1.54, 1.807) is 0 Å². The first-order valence-electron chi connectivity index (χ1n) is 7.53. The van der Waals surface area contributed by atoms with E-state index in [0.29, 0.717) is 12.5 Å². The first-order chi connectivity index (χ1) is 9.83. The molecule has 2 N–H and O–H groups in total. The van der Waals surface area contributed by atoms with Gasteiger partial charge in [-0.3, -0.25) is 4.79 Å². The highest BCUT2D eigenvalue weighted by molar-refractivity contribution is 5.86. The highest BCUT2D eigenvalue weighted by Gasteiger charge is 2.24. The molecule has 1 aromatic rings. The monoisotopic (exact) mass is 274 g/mol. The first-order valence-corrected chi connectivity index (χ1v) is 7.53. The highest BCUT2D eigenvalue weighted by Crippen LogP contribution is 2.24. The van der Waals surface area contributed by atoms with E-state index >= 15 is 0 Å². The van der Waals surface area contributed by atoms with Gasteiger partial charge in [0.05, 0.1) is 0 Å². The number of carbonyl (C=O) groups is 1. The molecule has 1 fully saturated rings. The third-order valence-electron chi connectivity index (χ3n) is 4.32. The van der Waals surface area contributed by atoms with Crippen LogP contribution in [0, 0.1) is 5.92 Å². The molecule has 4 nitrogen and oxygen atoms in total. The molecule has 4 heteroatoms. The summed E-state index contributed by atoms with van der Waals surface area (Å²) in [6, 6.07) is 8.02. The first kappa shape index (κ1) is 13.4. The Morgan fingerprint density at radius 3 is 2.80 bits per heavy atom. The van der Waals surface area contributed by atoms with E-state index in [4.69, 9.17) is 4.74 Å². The van der Waals surface area contributed by atoms with Crippen molar-refractivity contribution in [2.45, 2.75) is 38.3 Å². The molecule has 0 spiro atoms. The second-order valence-corrected chi connectivity index (χ2v) is 5.70. The molecule has 108 valence electrons. The van der Waals surface area contributed by atoms with Gasteiger partial charge in [0.2, 0.25) is 5.91 Å². The maximum Gasteiger partial charge on any atom is 0.242 e. The number of ether oxygens (including phenoxy) is 1. The zero-order valence-corrected chi connectivity index (χ0v) is 11.7. The lowest BCUT2D eigenvalue weighted by Crippen LogP contribution is -2.37. The summed E-state index contributed by atoms with van der Waals surface area (Å²) in [5, 5.41) is 6.42. The van der Waals surface area contributed by atoms with E-state index in [9.17, 15) is 4.79 Å². The molecule has 1 unspecified atom stereocenters. The van der Waals surface area contributed by atoms with Gasteiger partial charge in [-0.05, 0) is 43.2 Å². The highest BCUT2D eigenvalue weighted by atomic mass is 16.5. The SMILES string of the molecule is O=C1NCc2ccccc2NC1CCC1CCOCC1. The van der Waals surface area contributed by atoms with Gasteiger partial charge >= 0.3 is 0 Å². The van der Waals surface area contributed by atoms with Crippen LogP contribution in [0.2, 0.25) is 0 Å². The lowest BCUT2D eigenvalue weighted by molar-refractivity contribution is -0.122. The van der Waals surface area contributed by atoms with Crippen LogP contribution in [-0.2, 0) is 16.1 Å². The van der Waals surface area contributed by atoms with Gasteiger partial charge in [-0.2, -0.15) is 0 Å². The fourth-order valence-electron chi connectivity index (χ4n) is 3.01. The van der Waals surface area contributed by atoms with Gasteiger partial charge < -0.3 is 15.4 Å². The molecular formula is C16H22N2O2. The normalized spacial score (nSPS) is 23.4. The fraction of sp³-hybridized carbons (Fsp3) is 0.562. The average molecular weight is 274 g/mol. The standard InChI is InChI=1S/C16H22N2O2/c19-16-15(6-5-12-7-9-20-10-8-12)18-14-4-2-1-3-13(14)11-17-16/h1-4,12,15,18H,5-11H2,(H,17,19). The molecule has 0 saturated carbocycles. The van der Waals surface area contributed by atoms with E-state index in [1.807, 2.05) is 12.1 Å². The van der Waals surface area contributed by atoms with Crippen molar-refractivity contribution in [1.82, 2.24) is 5.32 Å². The second kappa shape index (κ2) is 6.27. The van der Waals surface area contributed by atoms with Crippen molar-refractivity contribution in [3.8, 4) is 0 Å². The van der Waals surface area contributed by atoms with Gasteiger partial charge in [-0.1, -0.05) is 18.2 Å². The average Bonchev–Trinajstić information content (AvgIpc) is 2.66. The van der Waals surface area contributed by atoms with Gasteiger partial charge in [0.15, 0.2) is 0 Å². The predicted octanol–water partition coefficient (Wildman–Crippen LogP) is 2.30. The molecule has 1 atom stereocenters.